The van der Waals surface area contributed by atoms with E-state index in [1.807, 2.05) is 0 Å². The van der Waals surface area contributed by atoms with Crippen LogP contribution in [0.5, 0.6) is 11.5 Å². The number of aliphatic hydroxyl groups excluding tert-OH is 7. The second-order valence-electron chi connectivity index (χ2n) is 11.5. The monoisotopic (exact) mass is 698 g/mol. The Morgan fingerprint density at radius 2 is 1.47 bits per heavy atom. The van der Waals surface area contributed by atoms with E-state index in [0.29, 0.717) is 23.1 Å². The standard InChI is InChI=1S/C29H38N4O16/c34-12-17-22(39)23(40)25(42)29(46-17)48-27-18(13-35)47-28(26(43)24(27)41)45-16-4-2-15(3-5-16)44-10-9-32-11-14(30-31-32)1-8-21(38)49-33-19(36)6-7-20(33)37/h2-5,11,17-18,22-29,34-35,39-43H,1,6-10,12-13H2/t17-,18-,22+,23+,24-,25-,26-,27-,28-,29+/m1/s1. The quantitative estimate of drug-likeness (QED) is 0.0923. The normalized spacial score (nSPS) is 31.9. The lowest BCUT2D eigenvalue weighted by Gasteiger charge is -2.45. The van der Waals surface area contributed by atoms with Crippen LogP contribution >= 0.6 is 0 Å². The summed E-state index contributed by atoms with van der Waals surface area (Å²) in [7, 11) is 0. The van der Waals surface area contributed by atoms with E-state index in [4.69, 9.17) is 28.5 Å². The van der Waals surface area contributed by atoms with E-state index < -0.39 is 92.4 Å². The van der Waals surface area contributed by atoms with Crippen molar-refractivity contribution in [1.29, 1.82) is 0 Å². The Morgan fingerprint density at radius 1 is 0.837 bits per heavy atom. The molecule has 1 aromatic carbocycles. The molecule has 10 atom stereocenters. The summed E-state index contributed by atoms with van der Waals surface area (Å²) in [5.41, 5.74) is 0.491. The highest BCUT2D eigenvalue weighted by Crippen LogP contribution is 2.30. The first-order chi connectivity index (χ1) is 23.5. The Hall–Kier alpha value is -3.83. The van der Waals surface area contributed by atoms with Gasteiger partial charge in [0.05, 0.1) is 31.9 Å². The molecule has 0 radical (unpaired) electrons. The van der Waals surface area contributed by atoms with Crippen molar-refractivity contribution < 1.29 is 78.7 Å². The van der Waals surface area contributed by atoms with Crippen molar-refractivity contribution in [2.75, 3.05) is 19.8 Å². The van der Waals surface area contributed by atoms with Crippen LogP contribution in [-0.4, -0.2) is 155 Å². The van der Waals surface area contributed by atoms with Crippen molar-refractivity contribution in [2.45, 2.75) is 93.6 Å². The summed E-state index contributed by atoms with van der Waals surface area (Å²) in [6.07, 6.45) is -14.0. The van der Waals surface area contributed by atoms with Crippen molar-refractivity contribution >= 4 is 17.8 Å². The Morgan fingerprint density at radius 3 is 2.14 bits per heavy atom. The van der Waals surface area contributed by atoms with Gasteiger partial charge in [0, 0.05) is 25.5 Å². The number of ether oxygens (including phenoxy) is 5. The summed E-state index contributed by atoms with van der Waals surface area (Å²) in [5, 5.41) is 79.5. The number of aryl methyl sites for hydroxylation is 1. The lowest BCUT2D eigenvalue weighted by molar-refractivity contribution is -0.352. The number of nitrogens with zero attached hydrogens (tertiary/aromatic N) is 4. The highest BCUT2D eigenvalue weighted by Gasteiger charge is 2.51. The van der Waals surface area contributed by atoms with Gasteiger partial charge in [-0.3, -0.25) is 9.59 Å². The zero-order valence-electron chi connectivity index (χ0n) is 25.9. The molecule has 20 heteroatoms. The first kappa shape index (κ1) is 36.5. The minimum absolute atomic E-state index is 0.00883. The molecule has 0 saturated carbocycles. The Kier molecular flexibility index (Phi) is 12.1. The molecule has 0 unspecified atom stereocenters. The third-order valence-electron chi connectivity index (χ3n) is 8.00. The maximum Gasteiger partial charge on any atom is 0.333 e. The Labute approximate surface area is 277 Å². The summed E-state index contributed by atoms with van der Waals surface area (Å²) in [5.74, 6) is -1.19. The molecule has 1 aromatic heterocycles. The SMILES string of the molecule is O=C(CCc1cn(CCOc2ccc(O[C@@H]3O[C@H](CO)[C@@H](O[C@@H]4O[C@H](CO)[C@H](O)[C@H](O)[C@H]4O)[C@H](O)[C@H]3O)cc2)nn1)ON1C(=O)CCC1=O. The zero-order chi connectivity index (χ0) is 35.2. The number of rotatable bonds is 14. The molecule has 3 aliphatic heterocycles. The molecule has 3 aliphatic rings. The molecule has 2 aromatic rings. The largest absolute Gasteiger partial charge is 0.492 e. The molecule has 49 heavy (non-hydrogen) atoms. The first-order valence-corrected chi connectivity index (χ1v) is 15.4. The van der Waals surface area contributed by atoms with Gasteiger partial charge in [0.1, 0.15) is 66.9 Å². The fraction of sp³-hybridized carbons (Fsp3) is 0.621. The van der Waals surface area contributed by atoms with Gasteiger partial charge in [-0.1, -0.05) is 5.21 Å². The topological polar surface area (TPSA) is 282 Å². The minimum atomic E-state index is -1.78. The van der Waals surface area contributed by atoms with Crippen LogP contribution in [0.2, 0.25) is 0 Å². The maximum absolute atomic E-state index is 12.0. The predicted molar refractivity (Wildman–Crippen MR) is 154 cm³/mol. The van der Waals surface area contributed by atoms with Gasteiger partial charge in [-0.2, -0.15) is 0 Å². The summed E-state index contributed by atoms with van der Waals surface area (Å²) in [4.78, 5) is 39.9. The highest BCUT2D eigenvalue weighted by atomic mass is 16.7. The fourth-order valence-corrected chi connectivity index (χ4v) is 5.26. The van der Waals surface area contributed by atoms with Crippen LogP contribution in [0.15, 0.2) is 30.5 Å². The summed E-state index contributed by atoms with van der Waals surface area (Å²) >= 11 is 0. The number of imide groups is 1. The number of carbonyl (C=O) groups excluding carboxylic acids is 3. The van der Waals surface area contributed by atoms with E-state index in [-0.39, 0.29) is 38.0 Å². The number of hydrogen-bond donors (Lipinski definition) is 7. The van der Waals surface area contributed by atoms with Crippen LogP contribution in [0.4, 0.5) is 0 Å². The van der Waals surface area contributed by atoms with Crippen LogP contribution < -0.4 is 9.47 Å². The summed E-state index contributed by atoms with van der Waals surface area (Å²) in [6.45, 7) is -0.918. The Bertz CT molecular complexity index is 1410. The second-order valence-corrected chi connectivity index (χ2v) is 11.5. The van der Waals surface area contributed by atoms with E-state index >= 15 is 0 Å². The van der Waals surface area contributed by atoms with Crippen LogP contribution in [-0.2, 0) is 46.4 Å². The molecule has 3 saturated heterocycles. The molecule has 2 amide bonds. The molecule has 7 N–H and O–H groups in total. The molecule has 5 rings (SSSR count). The Balaban J connectivity index is 1.06. The zero-order valence-corrected chi connectivity index (χ0v) is 25.9. The third kappa shape index (κ3) is 8.67. The number of hydrogen-bond acceptors (Lipinski definition) is 18. The third-order valence-corrected chi connectivity index (χ3v) is 8.00. The van der Waals surface area contributed by atoms with Crippen molar-refractivity contribution in [3.8, 4) is 11.5 Å². The van der Waals surface area contributed by atoms with E-state index in [1.165, 1.54) is 16.8 Å². The van der Waals surface area contributed by atoms with Crippen molar-refractivity contribution in [1.82, 2.24) is 20.1 Å². The van der Waals surface area contributed by atoms with Crippen LogP contribution in [0.3, 0.4) is 0 Å². The van der Waals surface area contributed by atoms with Crippen molar-refractivity contribution in [3.63, 3.8) is 0 Å². The van der Waals surface area contributed by atoms with Crippen LogP contribution in [0.25, 0.3) is 0 Å². The number of carbonyl (C=O) groups is 3. The van der Waals surface area contributed by atoms with E-state index in [2.05, 4.69) is 10.3 Å². The molecule has 4 heterocycles. The van der Waals surface area contributed by atoms with Crippen LogP contribution in [0.1, 0.15) is 25.0 Å². The first-order valence-electron chi connectivity index (χ1n) is 15.4. The van der Waals surface area contributed by atoms with E-state index in [9.17, 15) is 50.1 Å². The molecule has 270 valence electrons. The number of hydroxylamine groups is 2. The smallest absolute Gasteiger partial charge is 0.333 e. The van der Waals surface area contributed by atoms with Crippen LogP contribution in [0, 0.1) is 0 Å². The molecular weight excluding hydrogens is 660 g/mol. The number of benzene rings is 1. The van der Waals surface area contributed by atoms with Gasteiger partial charge >= 0.3 is 5.97 Å². The number of aromatic nitrogens is 3. The fourth-order valence-electron chi connectivity index (χ4n) is 5.26. The molecular formula is C29H38N4O16. The van der Waals surface area contributed by atoms with E-state index in [1.54, 1.807) is 18.3 Å². The predicted octanol–water partition coefficient (Wildman–Crippen LogP) is -4.10. The summed E-state index contributed by atoms with van der Waals surface area (Å²) in [6, 6.07) is 6.17. The van der Waals surface area contributed by atoms with Gasteiger partial charge < -0.3 is 64.3 Å². The molecule has 20 nitrogen and oxygen atoms in total. The van der Waals surface area contributed by atoms with Crippen molar-refractivity contribution in [2.24, 2.45) is 0 Å². The second kappa shape index (κ2) is 16.3. The van der Waals surface area contributed by atoms with Crippen molar-refractivity contribution in [3.05, 3.63) is 36.2 Å². The average Bonchev–Trinajstić information content (AvgIpc) is 3.69. The van der Waals surface area contributed by atoms with E-state index in [0.717, 1.165) is 0 Å². The molecule has 0 aliphatic carbocycles. The number of amides is 2. The van der Waals surface area contributed by atoms with Gasteiger partial charge in [-0.25, -0.2) is 9.48 Å². The summed E-state index contributed by atoms with van der Waals surface area (Å²) < 4.78 is 29.4. The molecule has 0 bridgehead atoms. The highest BCUT2D eigenvalue weighted by molar-refractivity contribution is 6.01. The van der Waals surface area contributed by atoms with Gasteiger partial charge in [0.2, 0.25) is 6.29 Å². The van der Waals surface area contributed by atoms with Gasteiger partial charge in [0.15, 0.2) is 6.29 Å². The van der Waals surface area contributed by atoms with Gasteiger partial charge in [0.25, 0.3) is 11.8 Å². The average molecular weight is 699 g/mol. The van der Waals surface area contributed by atoms with Gasteiger partial charge in [-0.15, -0.1) is 10.2 Å². The minimum Gasteiger partial charge on any atom is -0.492 e. The van der Waals surface area contributed by atoms with Gasteiger partial charge in [-0.05, 0) is 24.3 Å². The lowest BCUT2D eigenvalue weighted by Crippen LogP contribution is -2.65. The lowest BCUT2D eigenvalue weighted by atomic mass is 9.97. The molecule has 3 fully saturated rings. The molecule has 0 spiro atoms. The number of aliphatic hydroxyl groups is 7. The maximum atomic E-state index is 12.0.